The maximum atomic E-state index is 5.58. The molecule has 1 aromatic heterocycles. The van der Waals surface area contributed by atoms with Gasteiger partial charge in [-0.15, -0.1) is 4.98 Å². The molecule has 1 aromatic rings. The van der Waals surface area contributed by atoms with Crippen LogP contribution in [0.4, 0.5) is 0 Å². The van der Waals surface area contributed by atoms with Gasteiger partial charge in [-0.2, -0.15) is 9.97 Å². The number of rotatable bonds is 2. The normalized spacial score (nSPS) is 11.2. The van der Waals surface area contributed by atoms with Crippen LogP contribution >= 0.6 is 34.8 Å². The summed E-state index contributed by atoms with van der Waals surface area (Å²) in [6.07, 6.45) is 0. The first-order chi connectivity index (χ1) is 6.47. The summed E-state index contributed by atoms with van der Waals surface area (Å²) in [5, 5.41) is 0. The number of halogens is 3. The Kier molecular flexibility index (Phi) is 3.58. The van der Waals surface area contributed by atoms with Crippen LogP contribution in [-0.4, -0.2) is 29.2 Å². The topological polar surface area (TPSA) is 57.1 Å². The lowest BCUT2D eigenvalue weighted by atomic mass is 10.7. The number of nitrogens with zero attached hydrogens (tertiary/aromatic N) is 3. The van der Waals surface area contributed by atoms with Gasteiger partial charge in [0.05, 0.1) is 14.2 Å². The van der Waals surface area contributed by atoms with Crippen molar-refractivity contribution in [3.63, 3.8) is 0 Å². The Morgan fingerprint density at radius 3 is 1.64 bits per heavy atom. The highest BCUT2D eigenvalue weighted by atomic mass is 35.6. The molecular weight excluding hydrogens is 252 g/mol. The van der Waals surface area contributed by atoms with Gasteiger partial charge in [0.1, 0.15) is 0 Å². The highest BCUT2D eigenvalue weighted by molar-refractivity contribution is 6.66. The lowest BCUT2D eigenvalue weighted by molar-refractivity contribution is 0.336. The molecule has 0 aliphatic rings. The molecule has 0 amide bonds. The standard InChI is InChI=1S/C6H6Cl3N3O2/c1-13-4-10-3(6(7,8)9)11-5(12-4)14-2/h1-2H3. The molecule has 78 valence electrons. The highest BCUT2D eigenvalue weighted by Crippen LogP contribution is 2.36. The minimum absolute atomic E-state index is 0.0261. The maximum Gasteiger partial charge on any atom is 0.322 e. The Morgan fingerprint density at radius 2 is 1.36 bits per heavy atom. The number of alkyl halides is 3. The molecule has 5 nitrogen and oxygen atoms in total. The molecule has 0 spiro atoms. The largest absolute Gasteiger partial charge is 0.467 e. The van der Waals surface area contributed by atoms with Gasteiger partial charge in [-0.1, -0.05) is 34.8 Å². The molecule has 1 heterocycles. The van der Waals surface area contributed by atoms with Crippen molar-refractivity contribution >= 4 is 34.8 Å². The van der Waals surface area contributed by atoms with Crippen LogP contribution in [0.1, 0.15) is 5.82 Å². The van der Waals surface area contributed by atoms with E-state index in [-0.39, 0.29) is 17.8 Å². The first-order valence-corrected chi connectivity index (χ1v) is 4.52. The molecule has 0 unspecified atom stereocenters. The van der Waals surface area contributed by atoms with Crippen molar-refractivity contribution in [1.29, 1.82) is 0 Å². The van der Waals surface area contributed by atoms with E-state index in [0.29, 0.717) is 0 Å². The van der Waals surface area contributed by atoms with Gasteiger partial charge in [0.25, 0.3) is 0 Å². The van der Waals surface area contributed by atoms with Crippen LogP contribution in [0, 0.1) is 0 Å². The zero-order chi connectivity index (χ0) is 10.8. The van der Waals surface area contributed by atoms with Crippen molar-refractivity contribution in [2.45, 2.75) is 3.79 Å². The predicted molar refractivity (Wildman–Crippen MR) is 52.2 cm³/mol. The molecule has 0 bridgehead atoms. The van der Waals surface area contributed by atoms with Crippen molar-refractivity contribution in [3.05, 3.63) is 5.82 Å². The van der Waals surface area contributed by atoms with Gasteiger partial charge in [0, 0.05) is 0 Å². The first-order valence-electron chi connectivity index (χ1n) is 3.38. The number of hydrogen-bond acceptors (Lipinski definition) is 5. The van der Waals surface area contributed by atoms with Gasteiger partial charge in [-0.3, -0.25) is 0 Å². The van der Waals surface area contributed by atoms with Gasteiger partial charge in [-0.05, 0) is 0 Å². The Morgan fingerprint density at radius 1 is 0.929 bits per heavy atom. The van der Waals surface area contributed by atoms with Crippen LogP contribution in [0.25, 0.3) is 0 Å². The second-order valence-electron chi connectivity index (χ2n) is 2.13. The second kappa shape index (κ2) is 4.33. The number of aromatic nitrogens is 3. The van der Waals surface area contributed by atoms with Crippen LogP contribution in [0.5, 0.6) is 12.0 Å². The molecule has 0 saturated carbocycles. The maximum absolute atomic E-state index is 5.58. The summed E-state index contributed by atoms with van der Waals surface area (Å²) < 4.78 is 7.82. The summed E-state index contributed by atoms with van der Waals surface area (Å²) in [4.78, 5) is 11.2. The summed E-state index contributed by atoms with van der Waals surface area (Å²) in [6.45, 7) is 0. The fraction of sp³-hybridized carbons (Fsp3) is 0.500. The van der Waals surface area contributed by atoms with Crippen molar-refractivity contribution < 1.29 is 9.47 Å². The third-order valence-electron chi connectivity index (χ3n) is 1.21. The molecule has 0 fully saturated rings. The van der Waals surface area contributed by atoms with Crippen molar-refractivity contribution in [2.24, 2.45) is 0 Å². The average molecular weight is 258 g/mol. The van der Waals surface area contributed by atoms with Gasteiger partial charge >= 0.3 is 12.0 Å². The monoisotopic (exact) mass is 257 g/mol. The Bertz CT molecular complexity index is 306. The minimum Gasteiger partial charge on any atom is -0.467 e. The van der Waals surface area contributed by atoms with Crippen molar-refractivity contribution in [1.82, 2.24) is 15.0 Å². The number of ether oxygens (including phenoxy) is 2. The van der Waals surface area contributed by atoms with Crippen LogP contribution < -0.4 is 9.47 Å². The fourth-order valence-corrected chi connectivity index (χ4v) is 0.901. The SMILES string of the molecule is COc1nc(OC)nc(C(Cl)(Cl)Cl)n1. The van der Waals surface area contributed by atoms with E-state index in [1.807, 2.05) is 0 Å². The molecular formula is C6H6Cl3N3O2. The van der Waals surface area contributed by atoms with E-state index in [1.165, 1.54) is 14.2 Å². The van der Waals surface area contributed by atoms with Crippen LogP contribution in [-0.2, 0) is 3.79 Å². The molecule has 0 aromatic carbocycles. The van der Waals surface area contributed by atoms with Crippen molar-refractivity contribution in [3.8, 4) is 12.0 Å². The quantitative estimate of drug-likeness (QED) is 0.756. The van der Waals surface area contributed by atoms with Crippen LogP contribution in [0.2, 0.25) is 0 Å². The molecule has 0 aliphatic heterocycles. The fourth-order valence-electron chi connectivity index (χ4n) is 0.647. The van der Waals surface area contributed by atoms with E-state index in [2.05, 4.69) is 15.0 Å². The van der Waals surface area contributed by atoms with E-state index in [0.717, 1.165) is 0 Å². The smallest absolute Gasteiger partial charge is 0.322 e. The van der Waals surface area contributed by atoms with Gasteiger partial charge in [-0.25, -0.2) is 0 Å². The minimum atomic E-state index is -1.73. The predicted octanol–water partition coefficient (Wildman–Crippen LogP) is 1.72. The Balaban J connectivity index is 3.17. The van der Waals surface area contributed by atoms with E-state index in [4.69, 9.17) is 44.3 Å². The molecule has 14 heavy (non-hydrogen) atoms. The number of methoxy groups -OCH3 is 2. The average Bonchev–Trinajstić information content (AvgIpc) is 2.15. The Labute approximate surface area is 95.3 Å². The lowest BCUT2D eigenvalue weighted by Crippen LogP contribution is -2.10. The molecule has 0 aliphatic carbocycles. The first kappa shape index (κ1) is 11.6. The van der Waals surface area contributed by atoms with Crippen molar-refractivity contribution in [2.75, 3.05) is 14.2 Å². The summed E-state index contributed by atoms with van der Waals surface area (Å²) in [5.74, 6) is -0.0498. The summed E-state index contributed by atoms with van der Waals surface area (Å²) in [7, 11) is 2.77. The van der Waals surface area contributed by atoms with E-state index in [9.17, 15) is 0 Å². The van der Waals surface area contributed by atoms with Crippen LogP contribution in [0.3, 0.4) is 0 Å². The zero-order valence-corrected chi connectivity index (χ0v) is 9.56. The third-order valence-corrected chi connectivity index (χ3v) is 1.72. The molecule has 8 heteroatoms. The highest BCUT2D eigenvalue weighted by Gasteiger charge is 2.28. The third kappa shape index (κ3) is 2.73. The van der Waals surface area contributed by atoms with E-state index >= 15 is 0 Å². The van der Waals surface area contributed by atoms with E-state index in [1.54, 1.807) is 0 Å². The van der Waals surface area contributed by atoms with E-state index < -0.39 is 3.79 Å². The van der Waals surface area contributed by atoms with Gasteiger partial charge in [0.15, 0.2) is 5.82 Å². The summed E-state index contributed by atoms with van der Waals surface area (Å²) in [5.41, 5.74) is 0. The molecule has 0 atom stereocenters. The zero-order valence-electron chi connectivity index (χ0n) is 7.29. The van der Waals surface area contributed by atoms with Gasteiger partial charge < -0.3 is 9.47 Å². The summed E-state index contributed by atoms with van der Waals surface area (Å²) >= 11 is 16.8. The number of hydrogen-bond donors (Lipinski definition) is 0. The molecule has 0 saturated heterocycles. The molecule has 1 rings (SSSR count). The molecule has 0 radical (unpaired) electrons. The Hall–Kier alpha value is -0.520. The lowest BCUT2D eigenvalue weighted by Gasteiger charge is -2.10. The van der Waals surface area contributed by atoms with Crippen LogP contribution in [0.15, 0.2) is 0 Å². The molecule has 0 N–H and O–H groups in total. The van der Waals surface area contributed by atoms with Gasteiger partial charge in [0.2, 0.25) is 3.79 Å². The summed E-state index contributed by atoms with van der Waals surface area (Å²) in [6, 6.07) is 0.0522. The second-order valence-corrected chi connectivity index (χ2v) is 4.41.